The first kappa shape index (κ1) is 12.9. The van der Waals surface area contributed by atoms with Crippen molar-refractivity contribution < 1.29 is 0 Å². The van der Waals surface area contributed by atoms with E-state index >= 15 is 0 Å². The van der Waals surface area contributed by atoms with Crippen molar-refractivity contribution in [2.75, 3.05) is 26.7 Å². The van der Waals surface area contributed by atoms with Crippen LogP contribution >= 0.6 is 0 Å². The summed E-state index contributed by atoms with van der Waals surface area (Å²) in [5, 5.41) is 3.34. The van der Waals surface area contributed by atoms with Gasteiger partial charge < -0.3 is 10.2 Å². The average Bonchev–Trinajstić information content (AvgIpc) is 2.23. The van der Waals surface area contributed by atoms with Gasteiger partial charge in [0.15, 0.2) is 0 Å². The lowest BCUT2D eigenvalue weighted by Crippen LogP contribution is -2.41. The van der Waals surface area contributed by atoms with Crippen LogP contribution in [0.4, 0.5) is 0 Å². The largest absolute Gasteiger partial charge is 0.317 e. The van der Waals surface area contributed by atoms with Gasteiger partial charge in [0.25, 0.3) is 0 Å². The van der Waals surface area contributed by atoms with Crippen molar-refractivity contribution >= 4 is 0 Å². The molecule has 1 fully saturated rings. The molecule has 0 aromatic heterocycles. The third-order valence-electron chi connectivity index (χ3n) is 2.54. The molecule has 0 aromatic rings. The fraction of sp³-hybridized carbons (Fsp3) is 1.00. The molecule has 1 saturated heterocycles. The molecule has 1 rings (SSSR count). The van der Waals surface area contributed by atoms with E-state index in [0.717, 1.165) is 6.04 Å². The third kappa shape index (κ3) is 5.27. The highest BCUT2D eigenvalue weighted by atomic mass is 15.1. The summed E-state index contributed by atoms with van der Waals surface area (Å²) in [4.78, 5) is 2.56. The molecule has 0 aliphatic carbocycles. The van der Waals surface area contributed by atoms with E-state index in [4.69, 9.17) is 0 Å². The highest BCUT2D eigenvalue weighted by Gasteiger charge is 2.15. The maximum atomic E-state index is 3.34. The van der Waals surface area contributed by atoms with Gasteiger partial charge in [-0.3, -0.25) is 0 Å². The summed E-state index contributed by atoms with van der Waals surface area (Å²) in [5.74, 6) is 0. The topological polar surface area (TPSA) is 15.3 Å². The Hall–Kier alpha value is -0.0800. The number of piperidine rings is 1. The molecule has 0 amide bonds. The first-order valence-corrected chi connectivity index (χ1v) is 5.76. The summed E-state index contributed by atoms with van der Waals surface area (Å²) in [6.07, 6.45) is 3.96. The van der Waals surface area contributed by atoms with E-state index < -0.39 is 0 Å². The quantitative estimate of drug-likeness (QED) is 0.726. The first-order chi connectivity index (χ1) is 6.36. The molecule has 0 aromatic carbocycles. The number of nitrogens with zero attached hydrogens (tertiary/aromatic N) is 1. The first-order valence-electron chi connectivity index (χ1n) is 5.76. The van der Waals surface area contributed by atoms with Crippen LogP contribution in [0.25, 0.3) is 0 Å². The minimum Gasteiger partial charge on any atom is -0.317 e. The van der Waals surface area contributed by atoms with Gasteiger partial charge in [0.05, 0.1) is 0 Å². The molecular formula is C11H26N2. The third-order valence-corrected chi connectivity index (χ3v) is 2.54. The molecule has 1 aliphatic rings. The minimum atomic E-state index is 0.781. The number of rotatable bonds is 3. The zero-order valence-electron chi connectivity index (χ0n) is 9.77. The number of nitrogens with one attached hydrogen (secondary N) is 1. The number of hydrogen-bond donors (Lipinski definition) is 1. The smallest absolute Gasteiger partial charge is 0.00884 e. The SMILES string of the molecule is CC.CCCN1CCC(NC)CC1. The van der Waals surface area contributed by atoms with Crippen molar-refractivity contribution in [1.82, 2.24) is 10.2 Å². The van der Waals surface area contributed by atoms with Crippen LogP contribution < -0.4 is 5.32 Å². The zero-order chi connectivity index (χ0) is 10.1. The lowest BCUT2D eigenvalue weighted by Gasteiger charge is -2.31. The van der Waals surface area contributed by atoms with Gasteiger partial charge in [0, 0.05) is 6.04 Å². The molecule has 1 N–H and O–H groups in total. The van der Waals surface area contributed by atoms with Gasteiger partial charge >= 0.3 is 0 Å². The number of hydrogen-bond acceptors (Lipinski definition) is 2. The predicted molar refractivity (Wildman–Crippen MR) is 60.2 cm³/mol. The van der Waals surface area contributed by atoms with E-state index in [2.05, 4.69) is 24.2 Å². The van der Waals surface area contributed by atoms with Crippen LogP contribution in [-0.2, 0) is 0 Å². The van der Waals surface area contributed by atoms with Crippen LogP contribution in [0.3, 0.4) is 0 Å². The normalized spacial score (nSPS) is 19.4. The van der Waals surface area contributed by atoms with E-state index in [1.54, 1.807) is 0 Å². The monoisotopic (exact) mass is 186 g/mol. The van der Waals surface area contributed by atoms with Crippen molar-refractivity contribution in [2.24, 2.45) is 0 Å². The highest BCUT2D eigenvalue weighted by Crippen LogP contribution is 2.09. The maximum Gasteiger partial charge on any atom is 0.00884 e. The number of likely N-dealkylation sites (tertiary alicyclic amines) is 1. The van der Waals surface area contributed by atoms with Gasteiger partial charge in [-0.05, 0) is 45.9 Å². The molecule has 0 bridgehead atoms. The molecule has 0 saturated carbocycles. The summed E-state index contributed by atoms with van der Waals surface area (Å²) in [5.41, 5.74) is 0. The van der Waals surface area contributed by atoms with Crippen molar-refractivity contribution in [3.63, 3.8) is 0 Å². The molecule has 1 aliphatic heterocycles. The Labute approximate surface area is 83.7 Å². The van der Waals surface area contributed by atoms with Crippen LogP contribution in [0.5, 0.6) is 0 Å². The molecule has 0 atom stereocenters. The molecule has 0 unspecified atom stereocenters. The summed E-state index contributed by atoms with van der Waals surface area (Å²) in [6, 6.07) is 0.781. The van der Waals surface area contributed by atoms with Crippen molar-refractivity contribution in [1.29, 1.82) is 0 Å². The Kier molecular flexibility index (Phi) is 8.46. The van der Waals surface area contributed by atoms with Crippen LogP contribution in [0.2, 0.25) is 0 Å². The van der Waals surface area contributed by atoms with E-state index in [1.807, 2.05) is 13.8 Å². The Morgan fingerprint density at radius 2 is 1.77 bits per heavy atom. The molecule has 0 radical (unpaired) electrons. The van der Waals surface area contributed by atoms with Crippen LogP contribution in [-0.4, -0.2) is 37.6 Å². The molecule has 1 heterocycles. The van der Waals surface area contributed by atoms with E-state index in [9.17, 15) is 0 Å². The Morgan fingerprint density at radius 3 is 2.15 bits per heavy atom. The van der Waals surface area contributed by atoms with Gasteiger partial charge in [-0.1, -0.05) is 20.8 Å². The van der Waals surface area contributed by atoms with Crippen molar-refractivity contribution in [3.8, 4) is 0 Å². The summed E-state index contributed by atoms with van der Waals surface area (Å²) in [6.45, 7) is 10.1. The predicted octanol–water partition coefficient (Wildman–Crippen LogP) is 2.11. The van der Waals surface area contributed by atoms with Crippen molar-refractivity contribution in [3.05, 3.63) is 0 Å². The second-order valence-corrected chi connectivity index (χ2v) is 3.40. The zero-order valence-corrected chi connectivity index (χ0v) is 9.77. The molecule has 13 heavy (non-hydrogen) atoms. The average molecular weight is 186 g/mol. The van der Waals surface area contributed by atoms with Gasteiger partial charge in [0.2, 0.25) is 0 Å². The Bertz CT molecular complexity index is 96.3. The Morgan fingerprint density at radius 1 is 1.23 bits per heavy atom. The van der Waals surface area contributed by atoms with Gasteiger partial charge in [0.1, 0.15) is 0 Å². The van der Waals surface area contributed by atoms with Gasteiger partial charge in [-0.25, -0.2) is 0 Å². The fourth-order valence-electron chi connectivity index (χ4n) is 1.76. The Balaban J connectivity index is 0.000000671. The van der Waals surface area contributed by atoms with Crippen LogP contribution in [0, 0.1) is 0 Å². The highest BCUT2D eigenvalue weighted by molar-refractivity contribution is 4.75. The second-order valence-electron chi connectivity index (χ2n) is 3.40. The molecule has 2 heteroatoms. The summed E-state index contributed by atoms with van der Waals surface area (Å²) < 4.78 is 0. The van der Waals surface area contributed by atoms with Crippen LogP contribution in [0.15, 0.2) is 0 Å². The standard InChI is InChI=1S/C9H20N2.C2H6/c1-3-6-11-7-4-9(10-2)5-8-11;1-2/h9-10H,3-8H2,1-2H3;1-2H3. The minimum absolute atomic E-state index is 0.781. The molecule has 2 nitrogen and oxygen atoms in total. The van der Waals surface area contributed by atoms with Gasteiger partial charge in [-0.15, -0.1) is 0 Å². The maximum absolute atomic E-state index is 3.34. The molecule has 0 spiro atoms. The molecular weight excluding hydrogens is 160 g/mol. The van der Waals surface area contributed by atoms with E-state index in [-0.39, 0.29) is 0 Å². The van der Waals surface area contributed by atoms with E-state index in [1.165, 1.54) is 38.9 Å². The second kappa shape index (κ2) is 8.52. The fourth-order valence-corrected chi connectivity index (χ4v) is 1.76. The van der Waals surface area contributed by atoms with E-state index in [0.29, 0.717) is 0 Å². The summed E-state index contributed by atoms with van der Waals surface area (Å²) in [7, 11) is 2.07. The summed E-state index contributed by atoms with van der Waals surface area (Å²) >= 11 is 0. The lowest BCUT2D eigenvalue weighted by atomic mass is 10.1. The van der Waals surface area contributed by atoms with Crippen LogP contribution in [0.1, 0.15) is 40.0 Å². The van der Waals surface area contributed by atoms with Gasteiger partial charge in [-0.2, -0.15) is 0 Å². The van der Waals surface area contributed by atoms with Crippen molar-refractivity contribution in [2.45, 2.75) is 46.1 Å². The molecule has 80 valence electrons. The lowest BCUT2D eigenvalue weighted by molar-refractivity contribution is 0.202.